The predicted octanol–water partition coefficient (Wildman–Crippen LogP) is 4.28. The maximum absolute atomic E-state index is 12.7. The Labute approximate surface area is 176 Å². The third kappa shape index (κ3) is 5.00. The second-order valence-electron chi connectivity index (χ2n) is 7.11. The zero-order chi connectivity index (χ0) is 20.6. The highest BCUT2D eigenvalue weighted by atomic mass is 16.1. The number of nitrogens with zero attached hydrogens (tertiary/aromatic N) is 3. The first-order chi connectivity index (χ1) is 14.8. The molecule has 0 radical (unpaired) electrons. The van der Waals surface area contributed by atoms with Crippen molar-refractivity contribution < 1.29 is 4.79 Å². The molecule has 1 amide bonds. The van der Waals surface area contributed by atoms with Crippen LogP contribution in [0, 0.1) is 0 Å². The minimum atomic E-state index is 0.0322. The molecule has 0 aliphatic rings. The number of hydrogen-bond acceptors (Lipinski definition) is 3. The van der Waals surface area contributed by atoms with Crippen LogP contribution in [0.15, 0.2) is 97.3 Å². The molecule has 0 saturated heterocycles. The van der Waals surface area contributed by atoms with E-state index in [-0.39, 0.29) is 11.8 Å². The SMILES string of the molecule is O=C(CC(c1ccccc1)c1ccccc1)NCCn1ccc(-c2ccccn2)n1. The number of carbonyl (C=O) groups excluding carboxylic acids is 1. The van der Waals surface area contributed by atoms with E-state index >= 15 is 0 Å². The summed E-state index contributed by atoms with van der Waals surface area (Å²) in [5.74, 6) is 0.0673. The van der Waals surface area contributed by atoms with E-state index in [9.17, 15) is 4.79 Å². The highest BCUT2D eigenvalue weighted by molar-refractivity contribution is 5.77. The lowest BCUT2D eigenvalue weighted by Crippen LogP contribution is -2.28. The van der Waals surface area contributed by atoms with E-state index in [2.05, 4.69) is 39.7 Å². The summed E-state index contributed by atoms with van der Waals surface area (Å²) in [7, 11) is 0. The second-order valence-corrected chi connectivity index (χ2v) is 7.11. The van der Waals surface area contributed by atoms with Gasteiger partial charge in [0.1, 0.15) is 5.69 Å². The lowest BCUT2D eigenvalue weighted by atomic mass is 9.88. The molecule has 0 bridgehead atoms. The van der Waals surface area contributed by atoms with Gasteiger partial charge in [-0.05, 0) is 29.3 Å². The summed E-state index contributed by atoms with van der Waals surface area (Å²) in [5.41, 5.74) is 3.96. The van der Waals surface area contributed by atoms with Gasteiger partial charge in [-0.3, -0.25) is 14.5 Å². The highest BCUT2D eigenvalue weighted by Gasteiger charge is 2.17. The van der Waals surface area contributed by atoms with Gasteiger partial charge in [-0.25, -0.2) is 0 Å². The minimum Gasteiger partial charge on any atom is -0.354 e. The van der Waals surface area contributed by atoms with E-state index in [0.717, 1.165) is 22.5 Å². The number of amides is 1. The van der Waals surface area contributed by atoms with Crippen molar-refractivity contribution in [2.75, 3.05) is 6.54 Å². The summed E-state index contributed by atoms with van der Waals surface area (Å²) < 4.78 is 1.83. The van der Waals surface area contributed by atoms with Gasteiger partial charge < -0.3 is 5.32 Å². The average molecular weight is 396 g/mol. The first kappa shape index (κ1) is 19.6. The van der Waals surface area contributed by atoms with Gasteiger partial charge in [-0.2, -0.15) is 5.10 Å². The number of carbonyl (C=O) groups is 1. The van der Waals surface area contributed by atoms with Crippen LogP contribution < -0.4 is 5.32 Å². The molecule has 0 unspecified atom stereocenters. The van der Waals surface area contributed by atoms with Crippen molar-refractivity contribution in [3.8, 4) is 11.4 Å². The maximum atomic E-state index is 12.7. The summed E-state index contributed by atoms with van der Waals surface area (Å²) in [6.07, 6.45) is 4.07. The Hall–Kier alpha value is -3.73. The van der Waals surface area contributed by atoms with Crippen LogP contribution in [0.3, 0.4) is 0 Å². The summed E-state index contributed by atoms with van der Waals surface area (Å²) in [4.78, 5) is 17.0. The molecule has 2 aromatic carbocycles. The van der Waals surface area contributed by atoms with Crippen molar-refractivity contribution in [2.24, 2.45) is 0 Å². The number of aromatic nitrogens is 3. The van der Waals surface area contributed by atoms with Crippen molar-refractivity contribution in [2.45, 2.75) is 18.9 Å². The molecule has 4 rings (SSSR count). The molecular weight excluding hydrogens is 372 g/mol. The molecule has 1 N–H and O–H groups in total. The van der Waals surface area contributed by atoms with Gasteiger partial charge in [0, 0.05) is 31.3 Å². The fourth-order valence-electron chi connectivity index (χ4n) is 3.50. The summed E-state index contributed by atoms with van der Waals surface area (Å²) in [6, 6.07) is 28.0. The van der Waals surface area contributed by atoms with Gasteiger partial charge in [0.2, 0.25) is 5.91 Å². The van der Waals surface area contributed by atoms with E-state index in [1.54, 1.807) is 6.20 Å². The second kappa shape index (κ2) is 9.65. The monoisotopic (exact) mass is 396 g/mol. The number of nitrogens with one attached hydrogen (secondary N) is 1. The van der Waals surface area contributed by atoms with Crippen LogP contribution >= 0.6 is 0 Å². The molecule has 0 aliphatic carbocycles. The van der Waals surface area contributed by atoms with Gasteiger partial charge >= 0.3 is 0 Å². The van der Waals surface area contributed by atoms with Gasteiger partial charge in [-0.1, -0.05) is 66.7 Å². The third-order valence-corrected chi connectivity index (χ3v) is 5.02. The van der Waals surface area contributed by atoms with Crippen LogP contribution in [-0.4, -0.2) is 27.2 Å². The largest absolute Gasteiger partial charge is 0.354 e. The van der Waals surface area contributed by atoms with Crippen molar-refractivity contribution in [1.82, 2.24) is 20.1 Å². The molecule has 30 heavy (non-hydrogen) atoms. The van der Waals surface area contributed by atoms with Crippen LogP contribution in [0.5, 0.6) is 0 Å². The van der Waals surface area contributed by atoms with Crippen molar-refractivity contribution in [1.29, 1.82) is 0 Å². The average Bonchev–Trinajstić information content (AvgIpc) is 3.28. The van der Waals surface area contributed by atoms with Crippen molar-refractivity contribution in [3.63, 3.8) is 0 Å². The van der Waals surface area contributed by atoms with E-state index < -0.39 is 0 Å². The quantitative estimate of drug-likeness (QED) is 0.483. The zero-order valence-corrected chi connectivity index (χ0v) is 16.7. The Balaban J connectivity index is 1.35. The van der Waals surface area contributed by atoms with Crippen molar-refractivity contribution >= 4 is 5.91 Å². The molecule has 0 fully saturated rings. The van der Waals surface area contributed by atoms with E-state index in [1.165, 1.54) is 0 Å². The standard InChI is InChI=1S/C25H24N4O/c30-25(19-22(20-9-3-1-4-10-20)21-11-5-2-6-12-21)27-16-18-29-17-14-24(28-29)23-13-7-8-15-26-23/h1-15,17,22H,16,18-19H2,(H,27,30). The van der Waals surface area contributed by atoms with E-state index in [0.29, 0.717) is 19.5 Å². The maximum Gasteiger partial charge on any atom is 0.221 e. The van der Waals surface area contributed by atoms with Gasteiger partial charge in [0.25, 0.3) is 0 Å². The molecule has 150 valence electrons. The van der Waals surface area contributed by atoms with Crippen molar-refractivity contribution in [3.05, 3.63) is 108 Å². The highest BCUT2D eigenvalue weighted by Crippen LogP contribution is 2.27. The van der Waals surface area contributed by atoms with Gasteiger partial charge in [-0.15, -0.1) is 0 Å². The fraction of sp³-hybridized carbons (Fsp3) is 0.160. The van der Waals surface area contributed by atoms with Crippen LogP contribution in [0.25, 0.3) is 11.4 Å². The Kier molecular flexibility index (Phi) is 6.30. The Morgan fingerprint density at radius 1 is 0.833 bits per heavy atom. The molecule has 0 atom stereocenters. The smallest absolute Gasteiger partial charge is 0.221 e. The first-order valence-electron chi connectivity index (χ1n) is 10.1. The molecule has 4 aromatic rings. The Morgan fingerprint density at radius 2 is 1.50 bits per heavy atom. The third-order valence-electron chi connectivity index (χ3n) is 5.02. The zero-order valence-electron chi connectivity index (χ0n) is 16.7. The number of hydrogen-bond donors (Lipinski definition) is 1. The fourth-order valence-corrected chi connectivity index (χ4v) is 3.50. The molecule has 0 spiro atoms. The Bertz CT molecular complexity index is 1020. The van der Waals surface area contributed by atoms with E-state index in [1.807, 2.05) is 71.5 Å². The topological polar surface area (TPSA) is 59.8 Å². The summed E-state index contributed by atoms with van der Waals surface area (Å²) >= 11 is 0. The number of rotatable bonds is 8. The lowest BCUT2D eigenvalue weighted by molar-refractivity contribution is -0.121. The van der Waals surface area contributed by atoms with Crippen LogP contribution in [-0.2, 0) is 11.3 Å². The lowest BCUT2D eigenvalue weighted by Gasteiger charge is -2.18. The van der Waals surface area contributed by atoms with Crippen LogP contribution in [0.1, 0.15) is 23.5 Å². The molecular formula is C25H24N4O. The van der Waals surface area contributed by atoms with Gasteiger partial charge in [0.05, 0.1) is 12.2 Å². The van der Waals surface area contributed by atoms with Gasteiger partial charge in [0.15, 0.2) is 0 Å². The normalized spacial score (nSPS) is 10.8. The Morgan fingerprint density at radius 3 is 2.13 bits per heavy atom. The van der Waals surface area contributed by atoms with Crippen LogP contribution in [0.4, 0.5) is 0 Å². The van der Waals surface area contributed by atoms with Crippen LogP contribution in [0.2, 0.25) is 0 Å². The molecule has 2 heterocycles. The number of pyridine rings is 1. The summed E-state index contributed by atoms with van der Waals surface area (Å²) in [6.45, 7) is 1.14. The molecule has 0 saturated carbocycles. The molecule has 0 aliphatic heterocycles. The minimum absolute atomic E-state index is 0.0322. The molecule has 5 nitrogen and oxygen atoms in total. The number of benzene rings is 2. The van der Waals surface area contributed by atoms with E-state index in [4.69, 9.17) is 0 Å². The first-order valence-corrected chi connectivity index (χ1v) is 10.1. The molecule has 5 heteroatoms. The predicted molar refractivity (Wildman–Crippen MR) is 118 cm³/mol. The molecule has 2 aromatic heterocycles. The summed E-state index contributed by atoms with van der Waals surface area (Å²) in [5, 5.41) is 7.57.